The van der Waals surface area contributed by atoms with Crippen LogP contribution in [-0.2, 0) is 4.74 Å². The minimum absolute atomic E-state index is 0.272. The minimum Gasteiger partial charge on any atom is -0.497 e. The maximum absolute atomic E-state index is 5.49. The van der Waals surface area contributed by atoms with E-state index in [1.807, 2.05) is 19.2 Å². The molecule has 1 aromatic carbocycles. The molecule has 0 saturated carbocycles. The van der Waals surface area contributed by atoms with Gasteiger partial charge in [-0.25, -0.2) is 0 Å². The van der Waals surface area contributed by atoms with Crippen molar-refractivity contribution in [2.24, 2.45) is 5.92 Å². The van der Waals surface area contributed by atoms with Crippen LogP contribution in [0.25, 0.3) is 0 Å². The Morgan fingerprint density at radius 2 is 1.95 bits per heavy atom. The van der Waals surface area contributed by atoms with Gasteiger partial charge in [-0.15, -0.1) is 0 Å². The van der Waals surface area contributed by atoms with Crippen LogP contribution in [0.15, 0.2) is 18.2 Å². The Morgan fingerprint density at radius 3 is 2.53 bits per heavy atom. The van der Waals surface area contributed by atoms with E-state index in [1.165, 1.54) is 0 Å². The summed E-state index contributed by atoms with van der Waals surface area (Å²) in [4.78, 5) is 0. The SMILES string of the molecule is CNC(c1cc(OC)ccc1OC)C1CCOCC1. The van der Waals surface area contributed by atoms with Crippen LogP contribution in [0.3, 0.4) is 0 Å². The highest BCUT2D eigenvalue weighted by atomic mass is 16.5. The third kappa shape index (κ3) is 3.19. The number of hydrogen-bond donors (Lipinski definition) is 1. The van der Waals surface area contributed by atoms with Crippen LogP contribution < -0.4 is 14.8 Å². The lowest BCUT2D eigenvalue weighted by atomic mass is 9.86. The van der Waals surface area contributed by atoms with E-state index in [9.17, 15) is 0 Å². The average molecular weight is 265 g/mol. The zero-order valence-corrected chi connectivity index (χ0v) is 11.9. The van der Waals surface area contributed by atoms with Crippen molar-refractivity contribution in [3.8, 4) is 11.5 Å². The topological polar surface area (TPSA) is 39.7 Å². The van der Waals surface area contributed by atoms with Gasteiger partial charge in [0.2, 0.25) is 0 Å². The van der Waals surface area contributed by atoms with Gasteiger partial charge in [0.05, 0.1) is 14.2 Å². The van der Waals surface area contributed by atoms with Gasteiger partial charge in [0.25, 0.3) is 0 Å². The van der Waals surface area contributed by atoms with E-state index in [0.29, 0.717) is 5.92 Å². The highest BCUT2D eigenvalue weighted by molar-refractivity contribution is 5.42. The number of rotatable bonds is 5. The molecule has 2 rings (SSSR count). The number of hydrogen-bond acceptors (Lipinski definition) is 4. The standard InChI is InChI=1S/C15H23NO3/c1-16-15(11-6-8-19-9-7-11)13-10-12(17-2)4-5-14(13)18-3/h4-5,10-11,15-16H,6-9H2,1-3H3. The van der Waals surface area contributed by atoms with Crippen molar-refractivity contribution in [3.05, 3.63) is 23.8 Å². The molecule has 0 aromatic heterocycles. The number of methoxy groups -OCH3 is 2. The van der Waals surface area contributed by atoms with E-state index in [2.05, 4.69) is 11.4 Å². The predicted octanol–water partition coefficient (Wildman–Crippen LogP) is 2.39. The molecule has 0 bridgehead atoms. The van der Waals surface area contributed by atoms with Crippen LogP contribution in [0.1, 0.15) is 24.4 Å². The second-order valence-corrected chi connectivity index (χ2v) is 4.82. The fourth-order valence-electron chi connectivity index (χ4n) is 2.78. The first-order valence-electron chi connectivity index (χ1n) is 6.77. The number of ether oxygens (including phenoxy) is 3. The first-order valence-corrected chi connectivity index (χ1v) is 6.77. The zero-order chi connectivity index (χ0) is 13.7. The molecular formula is C15H23NO3. The number of nitrogens with one attached hydrogen (secondary N) is 1. The van der Waals surface area contributed by atoms with E-state index in [1.54, 1.807) is 14.2 Å². The lowest BCUT2D eigenvalue weighted by Crippen LogP contribution is -2.30. The fourth-order valence-corrected chi connectivity index (χ4v) is 2.78. The maximum Gasteiger partial charge on any atom is 0.123 e. The molecule has 1 aromatic rings. The molecule has 1 unspecified atom stereocenters. The number of benzene rings is 1. The molecule has 1 fully saturated rings. The summed E-state index contributed by atoms with van der Waals surface area (Å²) in [7, 11) is 5.40. The highest BCUT2D eigenvalue weighted by Gasteiger charge is 2.26. The molecule has 0 spiro atoms. The summed E-state index contributed by atoms with van der Waals surface area (Å²) in [6.07, 6.45) is 2.15. The summed E-state index contributed by atoms with van der Waals surface area (Å²) in [6.45, 7) is 1.68. The van der Waals surface area contributed by atoms with Crippen molar-refractivity contribution in [3.63, 3.8) is 0 Å². The normalized spacial score (nSPS) is 18.1. The Morgan fingerprint density at radius 1 is 1.21 bits per heavy atom. The van der Waals surface area contributed by atoms with Crippen LogP contribution >= 0.6 is 0 Å². The average Bonchev–Trinajstić information content (AvgIpc) is 2.49. The molecule has 0 radical (unpaired) electrons. The summed E-state index contributed by atoms with van der Waals surface area (Å²) in [5.41, 5.74) is 1.16. The van der Waals surface area contributed by atoms with Crippen molar-refractivity contribution in [1.29, 1.82) is 0 Å². The quantitative estimate of drug-likeness (QED) is 0.887. The second-order valence-electron chi connectivity index (χ2n) is 4.82. The van der Waals surface area contributed by atoms with E-state index in [4.69, 9.17) is 14.2 Å². The Hall–Kier alpha value is -1.26. The summed E-state index contributed by atoms with van der Waals surface area (Å²) in [5.74, 6) is 2.34. The van der Waals surface area contributed by atoms with Gasteiger partial charge in [-0.3, -0.25) is 0 Å². The summed E-state index contributed by atoms with van der Waals surface area (Å²) >= 11 is 0. The Balaban J connectivity index is 2.29. The maximum atomic E-state index is 5.49. The van der Waals surface area contributed by atoms with Crippen molar-refractivity contribution < 1.29 is 14.2 Å². The first kappa shape index (κ1) is 14.2. The molecule has 1 atom stereocenters. The summed E-state index contributed by atoms with van der Waals surface area (Å²) in [5, 5.41) is 3.42. The first-order chi connectivity index (χ1) is 9.30. The third-order valence-corrected chi connectivity index (χ3v) is 3.82. The smallest absolute Gasteiger partial charge is 0.123 e. The zero-order valence-electron chi connectivity index (χ0n) is 11.9. The summed E-state index contributed by atoms with van der Waals surface area (Å²) in [6, 6.07) is 6.24. The van der Waals surface area contributed by atoms with Crippen LogP contribution in [0.2, 0.25) is 0 Å². The van der Waals surface area contributed by atoms with E-state index < -0.39 is 0 Å². The van der Waals surface area contributed by atoms with Gasteiger partial charge in [0, 0.05) is 24.8 Å². The van der Waals surface area contributed by atoms with E-state index >= 15 is 0 Å². The second kappa shape index (κ2) is 6.78. The molecule has 1 N–H and O–H groups in total. The van der Waals surface area contributed by atoms with Crippen LogP contribution in [0, 0.1) is 5.92 Å². The van der Waals surface area contributed by atoms with Crippen LogP contribution in [-0.4, -0.2) is 34.5 Å². The Labute approximate surface area is 115 Å². The van der Waals surface area contributed by atoms with Crippen molar-refractivity contribution >= 4 is 0 Å². The molecule has 1 heterocycles. The lowest BCUT2D eigenvalue weighted by Gasteiger charge is -2.31. The van der Waals surface area contributed by atoms with E-state index in [-0.39, 0.29) is 6.04 Å². The van der Waals surface area contributed by atoms with Gasteiger partial charge in [0.1, 0.15) is 11.5 Å². The largest absolute Gasteiger partial charge is 0.497 e. The van der Waals surface area contributed by atoms with Gasteiger partial charge in [0.15, 0.2) is 0 Å². The predicted molar refractivity (Wildman–Crippen MR) is 74.9 cm³/mol. The van der Waals surface area contributed by atoms with Gasteiger partial charge < -0.3 is 19.5 Å². The molecule has 1 aliphatic rings. The molecule has 4 nitrogen and oxygen atoms in total. The van der Waals surface area contributed by atoms with Gasteiger partial charge in [-0.2, -0.15) is 0 Å². The van der Waals surface area contributed by atoms with Gasteiger partial charge in [-0.05, 0) is 44.0 Å². The lowest BCUT2D eigenvalue weighted by molar-refractivity contribution is 0.0543. The van der Waals surface area contributed by atoms with Gasteiger partial charge in [-0.1, -0.05) is 0 Å². The molecule has 4 heteroatoms. The molecule has 1 saturated heterocycles. The molecular weight excluding hydrogens is 242 g/mol. The third-order valence-electron chi connectivity index (χ3n) is 3.82. The Kier molecular flexibility index (Phi) is 5.05. The van der Waals surface area contributed by atoms with Crippen molar-refractivity contribution in [1.82, 2.24) is 5.32 Å². The van der Waals surface area contributed by atoms with Crippen molar-refractivity contribution in [2.75, 3.05) is 34.5 Å². The fraction of sp³-hybridized carbons (Fsp3) is 0.600. The summed E-state index contributed by atoms with van der Waals surface area (Å²) < 4.78 is 16.3. The van der Waals surface area contributed by atoms with Crippen molar-refractivity contribution in [2.45, 2.75) is 18.9 Å². The van der Waals surface area contributed by atoms with E-state index in [0.717, 1.165) is 43.1 Å². The van der Waals surface area contributed by atoms with Crippen LogP contribution in [0.5, 0.6) is 11.5 Å². The Bertz CT molecular complexity index is 402. The molecule has 1 aliphatic heterocycles. The highest BCUT2D eigenvalue weighted by Crippen LogP contribution is 2.36. The monoisotopic (exact) mass is 265 g/mol. The molecule has 0 amide bonds. The molecule has 0 aliphatic carbocycles. The molecule has 106 valence electrons. The minimum atomic E-state index is 0.272. The molecule has 19 heavy (non-hydrogen) atoms. The van der Waals surface area contributed by atoms with Crippen LogP contribution in [0.4, 0.5) is 0 Å². The van der Waals surface area contributed by atoms with Gasteiger partial charge >= 0.3 is 0 Å².